The van der Waals surface area contributed by atoms with Gasteiger partial charge in [0.15, 0.2) is 0 Å². The fourth-order valence-corrected chi connectivity index (χ4v) is 4.64. The molecule has 31 heavy (non-hydrogen) atoms. The van der Waals surface area contributed by atoms with Gasteiger partial charge in [-0.25, -0.2) is 4.98 Å². The Morgan fingerprint density at radius 3 is 2.61 bits per heavy atom. The van der Waals surface area contributed by atoms with Crippen LogP contribution in [0.1, 0.15) is 34.5 Å². The first kappa shape index (κ1) is 19.4. The molecule has 5 aromatic rings. The van der Waals surface area contributed by atoms with Gasteiger partial charge in [-0.15, -0.1) is 11.3 Å². The zero-order valence-corrected chi connectivity index (χ0v) is 17.9. The monoisotopic (exact) mass is 423 g/mol. The topological polar surface area (TPSA) is 46.1 Å². The summed E-state index contributed by atoms with van der Waals surface area (Å²) in [5, 5.41) is 1.07. The molecule has 1 unspecified atom stereocenters. The molecule has 4 nitrogen and oxygen atoms in total. The Hall–Kier alpha value is -3.57. The first-order valence-corrected chi connectivity index (χ1v) is 11.1. The van der Waals surface area contributed by atoms with Crippen LogP contribution < -0.4 is 0 Å². The van der Waals surface area contributed by atoms with E-state index in [1.807, 2.05) is 77.3 Å². The van der Waals surface area contributed by atoms with Crippen LogP contribution in [0.15, 0.2) is 90.6 Å². The van der Waals surface area contributed by atoms with Gasteiger partial charge in [0, 0.05) is 23.7 Å². The Morgan fingerprint density at radius 1 is 0.935 bits per heavy atom. The maximum Gasteiger partial charge on any atom is 0.254 e. The molecular weight excluding hydrogens is 402 g/mol. The van der Waals surface area contributed by atoms with Gasteiger partial charge in [0.2, 0.25) is 0 Å². The zero-order chi connectivity index (χ0) is 21.2. The lowest BCUT2D eigenvalue weighted by atomic mass is 10.0. The number of carbonyl (C=O) groups excluding carboxylic acids is 1. The molecule has 0 radical (unpaired) electrons. The van der Waals surface area contributed by atoms with Gasteiger partial charge in [-0.2, -0.15) is 0 Å². The molecule has 0 saturated heterocycles. The zero-order valence-electron chi connectivity index (χ0n) is 17.1. The highest BCUT2D eigenvalue weighted by atomic mass is 32.1. The molecule has 3 aromatic carbocycles. The number of thiazole rings is 1. The van der Waals surface area contributed by atoms with Gasteiger partial charge in [-0.05, 0) is 48.4 Å². The Labute approximate surface area is 184 Å². The maximum atomic E-state index is 13.8. The molecular formula is C26H21N3OS. The van der Waals surface area contributed by atoms with Gasteiger partial charge < -0.3 is 4.90 Å². The number of hydrogen-bond acceptors (Lipinski definition) is 4. The molecule has 0 aliphatic carbocycles. The van der Waals surface area contributed by atoms with Crippen molar-refractivity contribution in [3.8, 4) is 0 Å². The molecule has 0 aliphatic heterocycles. The van der Waals surface area contributed by atoms with E-state index < -0.39 is 0 Å². The summed E-state index contributed by atoms with van der Waals surface area (Å²) in [6.45, 7) is 2.58. The van der Waals surface area contributed by atoms with Gasteiger partial charge in [0.25, 0.3) is 5.91 Å². The smallest absolute Gasteiger partial charge is 0.254 e. The average Bonchev–Trinajstić information content (AvgIpc) is 3.30. The second-order valence-corrected chi connectivity index (χ2v) is 8.43. The summed E-state index contributed by atoms with van der Waals surface area (Å²) >= 11 is 1.55. The normalized spacial score (nSPS) is 12.2. The molecule has 1 amide bonds. The highest BCUT2D eigenvalue weighted by Crippen LogP contribution is 2.28. The minimum absolute atomic E-state index is 0.00699. The number of nitrogens with zero attached hydrogens (tertiary/aromatic N) is 3. The second kappa shape index (κ2) is 8.28. The van der Waals surface area contributed by atoms with Crippen LogP contribution in [0.3, 0.4) is 0 Å². The summed E-state index contributed by atoms with van der Waals surface area (Å²) in [5.74, 6) is 0.00699. The van der Waals surface area contributed by atoms with Crippen molar-refractivity contribution in [2.75, 3.05) is 0 Å². The van der Waals surface area contributed by atoms with E-state index in [9.17, 15) is 4.79 Å². The first-order valence-electron chi connectivity index (χ1n) is 10.2. The molecule has 0 N–H and O–H groups in total. The van der Waals surface area contributed by atoms with Crippen LogP contribution in [0.4, 0.5) is 0 Å². The molecule has 5 heteroatoms. The van der Waals surface area contributed by atoms with Crippen LogP contribution in [-0.4, -0.2) is 20.8 Å². The van der Waals surface area contributed by atoms with Gasteiger partial charge in [-0.3, -0.25) is 9.78 Å². The van der Waals surface area contributed by atoms with E-state index in [1.54, 1.807) is 11.3 Å². The van der Waals surface area contributed by atoms with Gasteiger partial charge in [0.1, 0.15) is 0 Å². The lowest BCUT2D eigenvalue weighted by Gasteiger charge is -2.30. The van der Waals surface area contributed by atoms with E-state index in [1.165, 1.54) is 0 Å². The van der Waals surface area contributed by atoms with Gasteiger partial charge in [0.05, 0.1) is 27.3 Å². The molecule has 152 valence electrons. The summed E-state index contributed by atoms with van der Waals surface area (Å²) in [4.78, 5) is 24.5. The predicted octanol–water partition coefficient (Wildman–Crippen LogP) is 6.25. The largest absolute Gasteiger partial charge is 0.328 e. The quantitative estimate of drug-likeness (QED) is 0.336. The molecule has 2 aromatic heterocycles. The van der Waals surface area contributed by atoms with Crippen molar-refractivity contribution in [2.24, 2.45) is 0 Å². The Morgan fingerprint density at radius 2 is 1.74 bits per heavy atom. The standard InChI is InChI=1S/C26H21N3OS/c1-18(19-7-3-2-4-8-19)29(16-21-13-14-27-23-10-6-5-9-22(21)23)26(30)20-11-12-24-25(15-20)31-17-28-24/h2-15,17-18H,16H2,1H3. The van der Waals surface area contributed by atoms with Crippen LogP contribution >= 0.6 is 11.3 Å². The molecule has 5 rings (SSSR count). The molecule has 0 fully saturated rings. The number of fused-ring (bicyclic) bond motifs is 2. The highest BCUT2D eigenvalue weighted by molar-refractivity contribution is 7.16. The fraction of sp³-hybridized carbons (Fsp3) is 0.115. The number of carbonyl (C=O) groups is 1. The third kappa shape index (κ3) is 3.80. The molecule has 0 bridgehead atoms. The van der Waals surface area contributed by atoms with Gasteiger partial charge in [-0.1, -0.05) is 48.5 Å². The molecule has 0 saturated carbocycles. The maximum absolute atomic E-state index is 13.8. The van der Waals surface area contributed by atoms with Crippen molar-refractivity contribution in [3.05, 3.63) is 107 Å². The molecule has 2 heterocycles. The van der Waals surface area contributed by atoms with Gasteiger partial charge >= 0.3 is 0 Å². The van der Waals surface area contributed by atoms with Crippen molar-refractivity contribution >= 4 is 38.4 Å². The number of para-hydroxylation sites is 1. The summed E-state index contributed by atoms with van der Waals surface area (Å²) in [6.07, 6.45) is 1.82. The molecule has 0 spiro atoms. The summed E-state index contributed by atoms with van der Waals surface area (Å²) in [5.41, 5.74) is 6.54. The minimum atomic E-state index is -0.0854. The number of amides is 1. The van der Waals surface area contributed by atoms with E-state index in [2.05, 4.69) is 35.1 Å². The van der Waals surface area contributed by atoms with Crippen molar-refractivity contribution in [2.45, 2.75) is 19.5 Å². The minimum Gasteiger partial charge on any atom is -0.328 e. The first-order chi connectivity index (χ1) is 15.2. The number of pyridine rings is 1. The van der Waals surface area contributed by atoms with Crippen molar-refractivity contribution in [1.82, 2.24) is 14.9 Å². The van der Waals surface area contributed by atoms with Crippen molar-refractivity contribution < 1.29 is 4.79 Å². The fourth-order valence-electron chi connectivity index (χ4n) is 3.93. The number of rotatable bonds is 5. The highest BCUT2D eigenvalue weighted by Gasteiger charge is 2.24. The molecule has 0 aliphatic rings. The summed E-state index contributed by atoms with van der Waals surface area (Å²) in [6, 6.07) is 25.9. The lowest BCUT2D eigenvalue weighted by molar-refractivity contribution is 0.0675. The van der Waals surface area contributed by atoms with Crippen molar-refractivity contribution in [1.29, 1.82) is 0 Å². The van der Waals surface area contributed by atoms with Crippen molar-refractivity contribution in [3.63, 3.8) is 0 Å². The van der Waals surface area contributed by atoms with Crippen LogP contribution in [0.25, 0.3) is 21.1 Å². The predicted molar refractivity (Wildman–Crippen MR) is 126 cm³/mol. The van der Waals surface area contributed by atoms with Crippen LogP contribution in [0.5, 0.6) is 0 Å². The Bertz CT molecular complexity index is 1360. The van der Waals surface area contributed by atoms with Crippen LogP contribution in [0, 0.1) is 0 Å². The Balaban J connectivity index is 1.57. The third-order valence-electron chi connectivity index (χ3n) is 5.67. The van der Waals surface area contributed by atoms with E-state index in [-0.39, 0.29) is 11.9 Å². The lowest BCUT2D eigenvalue weighted by Crippen LogP contribution is -2.33. The number of benzene rings is 3. The number of aromatic nitrogens is 2. The summed E-state index contributed by atoms with van der Waals surface area (Å²) < 4.78 is 1.02. The summed E-state index contributed by atoms with van der Waals surface area (Å²) in [7, 11) is 0. The van der Waals surface area contributed by atoms with Crippen LogP contribution in [-0.2, 0) is 6.54 Å². The Kier molecular flexibility index (Phi) is 5.18. The number of hydrogen-bond donors (Lipinski definition) is 0. The molecule has 1 atom stereocenters. The van der Waals surface area contributed by atoms with E-state index in [4.69, 9.17) is 0 Å². The van der Waals surface area contributed by atoms with Crippen LogP contribution in [0.2, 0.25) is 0 Å². The second-order valence-electron chi connectivity index (χ2n) is 7.54. The average molecular weight is 424 g/mol. The third-order valence-corrected chi connectivity index (χ3v) is 6.46. The van der Waals surface area contributed by atoms with E-state index in [0.717, 1.165) is 32.2 Å². The van der Waals surface area contributed by atoms with E-state index >= 15 is 0 Å². The van der Waals surface area contributed by atoms with E-state index in [0.29, 0.717) is 12.1 Å². The SMILES string of the molecule is CC(c1ccccc1)N(Cc1ccnc2ccccc12)C(=O)c1ccc2ncsc2c1.